The largest absolute Gasteiger partial charge is 0.369 e. The Kier molecular flexibility index (Phi) is 5.84. The van der Waals surface area contributed by atoms with Crippen molar-refractivity contribution < 1.29 is 4.21 Å². The van der Waals surface area contributed by atoms with Crippen molar-refractivity contribution in [3.05, 3.63) is 36.7 Å². The van der Waals surface area contributed by atoms with Crippen molar-refractivity contribution in [3.63, 3.8) is 0 Å². The molecule has 1 aromatic carbocycles. The van der Waals surface area contributed by atoms with Gasteiger partial charge in [-0.05, 0) is 37.1 Å². The summed E-state index contributed by atoms with van der Waals surface area (Å²) in [4.78, 5) is 11.5. The molecule has 3 N–H and O–H groups in total. The monoisotopic (exact) mass is 440 g/mol. The maximum Gasteiger partial charge on any atom is 0.229 e. The first kappa shape index (κ1) is 20.3. The smallest absolute Gasteiger partial charge is 0.229 e. The molecule has 1 unspecified atom stereocenters. The van der Waals surface area contributed by atoms with E-state index in [9.17, 15) is 4.21 Å². The number of rotatable bonds is 5. The molecule has 9 nitrogen and oxygen atoms in total. The van der Waals surface area contributed by atoms with Crippen molar-refractivity contribution in [3.8, 4) is 0 Å². The highest BCUT2D eigenvalue weighted by Crippen LogP contribution is 2.30. The van der Waals surface area contributed by atoms with Gasteiger partial charge in [-0.25, -0.2) is 23.3 Å². The lowest BCUT2D eigenvalue weighted by atomic mass is 9.96. The van der Waals surface area contributed by atoms with E-state index in [4.69, 9.17) is 10.1 Å². The minimum atomic E-state index is -1.38. The molecule has 2 aliphatic rings. The van der Waals surface area contributed by atoms with Gasteiger partial charge in [0.1, 0.15) is 0 Å². The highest BCUT2D eigenvalue weighted by Gasteiger charge is 2.20. The number of nitrogens with zero attached hydrogens (tertiary/aromatic N) is 6. The van der Waals surface area contributed by atoms with Crippen LogP contribution >= 0.6 is 0 Å². The number of piperazine rings is 1. The summed E-state index contributed by atoms with van der Waals surface area (Å²) in [6.45, 7) is 3.01. The number of nitrogens with two attached hydrogens (primary N) is 1. The van der Waals surface area contributed by atoms with Gasteiger partial charge in [0.2, 0.25) is 5.95 Å². The number of nitrogens with one attached hydrogen (secondary N) is 1. The molecule has 2 fully saturated rings. The van der Waals surface area contributed by atoms with E-state index < -0.39 is 11.2 Å². The van der Waals surface area contributed by atoms with Gasteiger partial charge >= 0.3 is 0 Å². The van der Waals surface area contributed by atoms with Crippen LogP contribution in [0.2, 0.25) is 0 Å². The maximum absolute atomic E-state index is 11.4. The molecule has 3 aromatic rings. The topological polar surface area (TPSA) is 105 Å². The zero-order valence-electron chi connectivity index (χ0n) is 17.5. The molecule has 0 spiro atoms. The number of benzene rings is 1. The highest BCUT2D eigenvalue weighted by atomic mass is 32.2. The second-order valence-corrected chi connectivity index (χ2v) is 9.29. The lowest BCUT2D eigenvalue weighted by Crippen LogP contribution is -2.48. The zero-order valence-corrected chi connectivity index (χ0v) is 18.3. The number of hydrogen-bond donors (Lipinski definition) is 2. The minimum absolute atomic E-state index is 0.436. The van der Waals surface area contributed by atoms with Gasteiger partial charge in [0.25, 0.3) is 0 Å². The Morgan fingerprint density at radius 2 is 1.74 bits per heavy atom. The second kappa shape index (κ2) is 8.89. The number of hydrogen-bond acceptors (Lipinski definition) is 6. The first-order chi connectivity index (χ1) is 15.2. The molecule has 1 aliphatic heterocycles. The average Bonchev–Trinajstić information content (AvgIpc) is 3.23. The molecule has 1 saturated heterocycles. The fraction of sp³-hybridized carbons (Fsp3) is 0.476. The van der Waals surface area contributed by atoms with Crippen molar-refractivity contribution in [2.45, 2.75) is 38.1 Å². The Morgan fingerprint density at radius 3 is 2.45 bits per heavy atom. The van der Waals surface area contributed by atoms with Crippen molar-refractivity contribution in [2.75, 3.05) is 36.4 Å². The second-order valence-electron chi connectivity index (χ2n) is 8.22. The minimum Gasteiger partial charge on any atom is -0.369 e. The Morgan fingerprint density at radius 1 is 1.00 bits per heavy atom. The van der Waals surface area contributed by atoms with E-state index in [0.717, 1.165) is 35.5 Å². The first-order valence-corrected chi connectivity index (χ1v) is 12.1. The Bertz CT molecular complexity index is 1050. The number of anilines is 3. The van der Waals surface area contributed by atoms with Crippen molar-refractivity contribution in [2.24, 2.45) is 5.14 Å². The molecule has 164 valence electrons. The normalized spacial score (nSPS) is 19.6. The van der Waals surface area contributed by atoms with Gasteiger partial charge in [0.15, 0.2) is 16.8 Å². The molecule has 31 heavy (non-hydrogen) atoms. The SMILES string of the molecule is NS(=O)N1CCN(c2ccc(Nc3ncc4cnn(C5CCCCC5)c4n3)cc2)CC1. The molecule has 3 heterocycles. The van der Waals surface area contributed by atoms with Crippen LogP contribution in [0.1, 0.15) is 38.1 Å². The summed E-state index contributed by atoms with van der Waals surface area (Å²) >= 11 is -1.38. The first-order valence-electron chi connectivity index (χ1n) is 10.9. The third kappa shape index (κ3) is 4.41. The Labute approximate surface area is 184 Å². The van der Waals surface area contributed by atoms with Crippen molar-refractivity contribution in [1.29, 1.82) is 0 Å². The quantitative estimate of drug-likeness (QED) is 0.632. The summed E-state index contributed by atoms with van der Waals surface area (Å²) in [5.74, 6) is 0.580. The molecule has 1 aliphatic carbocycles. The summed E-state index contributed by atoms with van der Waals surface area (Å²) in [7, 11) is 0. The molecular weight excluding hydrogens is 412 g/mol. The van der Waals surface area contributed by atoms with E-state index in [2.05, 4.69) is 37.1 Å². The van der Waals surface area contributed by atoms with E-state index >= 15 is 0 Å². The molecule has 5 rings (SSSR count). The number of aromatic nitrogens is 4. The summed E-state index contributed by atoms with van der Waals surface area (Å²) in [6.07, 6.45) is 9.87. The fourth-order valence-electron chi connectivity index (χ4n) is 4.50. The lowest BCUT2D eigenvalue weighted by molar-refractivity contribution is 0.336. The van der Waals surface area contributed by atoms with Crippen molar-refractivity contribution >= 4 is 39.5 Å². The predicted octanol–water partition coefficient (Wildman–Crippen LogP) is 2.73. The Balaban J connectivity index is 1.28. The lowest BCUT2D eigenvalue weighted by Gasteiger charge is -2.34. The Hall–Kier alpha value is -2.56. The summed E-state index contributed by atoms with van der Waals surface area (Å²) in [6, 6.07) is 8.68. The van der Waals surface area contributed by atoms with E-state index in [1.54, 1.807) is 4.31 Å². The van der Waals surface area contributed by atoms with Gasteiger partial charge in [0.05, 0.1) is 17.6 Å². The van der Waals surface area contributed by atoms with Gasteiger partial charge in [-0.3, -0.25) is 0 Å². The fourth-order valence-corrected chi connectivity index (χ4v) is 5.02. The van der Waals surface area contributed by atoms with Crippen LogP contribution in [0.4, 0.5) is 17.3 Å². The van der Waals surface area contributed by atoms with Gasteiger partial charge in [0, 0.05) is 43.8 Å². The van der Waals surface area contributed by atoms with Crippen LogP contribution in [0.25, 0.3) is 11.0 Å². The van der Waals surface area contributed by atoms with E-state index in [1.807, 2.05) is 24.5 Å². The van der Waals surface area contributed by atoms with E-state index in [1.165, 1.54) is 32.1 Å². The van der Waals surface area contributed by atoms with Crippen molar-refractivity contribution in [1.82, 2.24) is 24.1 Å². The standard InChI is InChI=1S/C21H28N8OS/c22-31(30)28-12-10-27(11-13-28)18-8-6-17(7-9-18)25-21-23-14-16-15-24-29(20(16)26-21)19-4-2-1-3-5-19/h6-9,14-15,19H,1-5,10-13,22H2,(H,23,25,26). The summed E-state index contributed by atoms with van der Waals surface area (Å²) in [5, 5.41) is 14.4. The van der Waals surface area contributed by atoms with Gasteiger partial charge < -0.3 is 10.2 Å². The van der Waals surface area contributed by atoms with Gasteiger partial charge in [-0.2, -0.15) is 10.1 Å². The molecule has 0 bridgehead atoms. The van der Waals surface area contributed by atoms with E-state index in [0.29, 0.717) is 25.1 Å². The van der Waals surface area contributed by atoms with Crippen LogP contribution in [-0.4, -0.2) is 54.4 Å². The van der Waals surface area contributed by atoms with Crippen LogP contribution in [-0.2, 0) is 11.2 Å². The zero-order chi connectivity index (χ0) is 21.2. The third-order valence-corrected chi connectivity index (χ3v) is 7.11. The number of fused-ring (bicyclic) bond motifs is 1. The van der Waals surface area contributed by atoms with Crippen LogP contribution in [0.15, 0.2) is 36.7 Å². The molecular formula is C21H28N8OS. The summed E-state index contributed by atoms with van der Waals surface area (Å²) < 4.78 is 15.3. The van der Waals surface area contributed by atoms with Crippen LogP contribution in [0, 0.1) is 0 Å². The molecule has 0 amide bonds. The predicted molar refractivity (Wildman–Crippen MR) is 123 cm³/mol. The molecule has 10 heteroatoms. The maximum atomic E-state index is 11.4. The van der Waals surface area contributed by atoms with Gasteiger partial charge in [-0.1, -0.05) is 19.3 Å². The average molecular weight is 441 g/mol. The van der Waals surface area contributed by atoms with E-state index in [-0.39, 0.29) is 0 Å². The van der Waals surface area contributed by atoms with Crippen LogP contribution in [0.3, 0.4) is 0 Å². The summed E-state index contributed by atoms with van der Waals surface area (Å²) in [5.41, 5.74) is 2.98. The molecule has 1 atom stereocenters. The molecule has 0 radical (unpaired) electrons. The third-order valence-electron chi connectivity index (χ3n) is 6.24. The van der Waals surface area contributed by atoms with Crippen LogP contribution in [0.5, 0.6) is 0 Å². The van der Waals surface area contributed by atoms with Gasteiger partial charge in [-0.15, -0.1) is 0 Å². The molecule has 2 aromatic heterocycles. The van der Waals surface area contributed by atoms with Crippen LogP contribution < -0.4 is 15.4 Å². The highest BCUT2D eigenvalue weighted by molar-refractivity contribution is 7.80. The molecule has 1 saturated carbocycles.